The maximum Gasteiger partial charge on any atom is 0.245 e. The van der Waals surface area contributed by atoms with E-state index in [2.05, 4.69) is 0 Å². The highest BCUT2D eigenvalue weighted by atomic mass is 19.1. The number of carbonyl (C=O) groups excluding carboxylic acids is 2. The van der Waals surface area contributed by atoms with Gasteiger partial charge in [-0.2, -0.15) is 0 Å². The average Bonchev–Trinajstić information content (AvgIpc) is 2.44. The van der Waals surface area contributed by atoms with Crippen LogP contribution in [0.5, 0.6) is 0 Å². The van der Waals surface area contributed by atoms with Crippen LogP contribution in [0.1, 0.15) is 25.8 Å². The molecule has 1 fully saturated rings. The molecule has 0 bridgehead atoms. The molecule has 0 aromatic heterocycles. The summed E-state index contributed by atoms with van der Waals surface area (Å²) in [5, 5.41) is 0. The lowest BCUT2D eigenvalue weighted by Gasteiger charge is -2.38. The second kappa shape index (κ2) is 6.20. The zero-order chi connectivity index (χ0) is 15.6. The predicted octanol–water partition coefficient (Wildman–Crippen LogP) is 1.93. The number of hydrogen-bond acceptors (Lipinski definition) is 2. The topological polar surface area (TPSA) is 40.6 Å². The minimum absolute atomic E-state index is 0.00600. The van der Waals surface area contributed by atoms with Crippen molar-refractivity contribution in [3.8, 4) is 0 Å². The third-order valence-electron chi connectivity index (χ3n) is 3.63. The van der Waals surface area contributed by atoms with Crippen molar-refractivity contribution in [2.45, 2.75) is 32.9 Å². The molecule has 0 radical (unpaired) electrons. The van der Waals surface area contributed by atoms with Crippen LogP contribution in [0.2, 0.25) is 0 Å². The number of hydrogen-bond donors (Lipinski definition) is 0. The lowest BCUT2D eigenvalue weighted by Crippen LogP contribution is -2.58. The number of benzene rings is 1. The van der Waals surface area contributed by atoms with Gasteiger partial charge in [0.25, 0.3) is 0 Å². The first kappa shape index (κ1) is 15.4. The van der Waals surface area contributed by atoms with Gasteiger partial charge in [-0.25, -0.2) is 8.78 Å². The standard InChI is InChI=1S/C15H18F2N2O2/c1-3-6-18-9-14(20)19(10(2)15(18)21)8-11-7-12(16)4-5-13(11)17/h4-5,7,10H,3,6,8-9H2,1-2H3/t10-/m0/s1. The van der Waals surface area contributed by atoms with E-state index in [1.54, 1.807) is 6.92 Å². The number of rotatable bonds is 4. The van der Waals surface area contributed by atoms with Crippen molar-refractivity contribution < 1.29 is 18.4 Å². The lowest BCUT2D eigenvalue weighted by atomic mass is 10.1. The first-order valence-corrected chi connectivity index (χ1v) is 6.96. The van der Waals surface area contributed by atoms with E-state index in [0.717, 1.165) is 24.6 Å². The van der Waals surface area contributed by atoms with E-state index in [4.69, 9.17) is 0 Å². The van der Waals surface area contributed by atoms with E-state index >= 15 is 0 Å². The van der Waals surface area contributed by atoms with Gasteiger partial charge in [0, 0.05) is 18.7 Å². The summed E-state index contributed by atoms with van der Waals surface area (Å²) in [7, 11) is 0. The van der Waals surface area contributed by atoms with Gasteiger partial charge in [-0.3, -0.25) is 9.59 Å². The highest BCUT2D eigenvalue weighted by molar-refractivity contribution is 5.94. The highest BCUT2D eigenvalue weighted by Gasteiger charge is 2.36. The van der Waals surface area contributed by atoms with Crippen LogP contribution in [-0.2, 0) is 16.1 Å². The molecule has 1 aliphatic heterocycles. The van der Waals surface area contributed by atoms with Crippen molar-refractivity contribution >= 4 is 11.8 Å². The average molecular weight is 296 g/mol. The smallest absolute Gasteiger partial charge is 0.245 e. The minimum atomic E-state index is -0.666. The molecule has 1 atom stereocenters. The van der Waals surface area contributed by atoms with Gasteiger partial charge in [-0.1, -0.05) is 6.92 Å². The van der Waals surface area contributed by atoms with Crippen LogP contribution in [0.3, 0.4) is 0 Å². The second-order valence-electron chi connectivity index (χ2n) is 5.19. The Morgan fingerprint density at radius 1 is 1.29 bits per heavy atom. The zero-order valence-corrected chi connectivity index (χ0v) is 12.1. The monoisotopic (exact) mass is 296 g/mol. The first-order chi connectivity index (χ1) is 9.93. The van der Waals surface area contributed by atoms with Gasteiger partial charge in [0.2, 0.25) is 11.8 Å². The van der Waals surface area contributed by atoms with E-state index in [1.165, 1.54) is 9.80 Å². The zero-order valence-electron chi connectivity index (χ0n) is 12.1. The molecule has 1 aromatic carbocycles. The van der Waals surface area contributed by atoms with Gasteiger partial charge >= 0.3 is 0 Å². The van der Waals surface area contributed by atoms with Gasteiger partial charge < -0.3 is 9.80 Å². The van der Waals surface area contributed by atoms with Crippen molar-refractivity contribution in [1.82, 2.24) is 9.80 Å². The van der Waals surface area contributed by atoms with Crippen molar-refractivity contribution in [3.63, 3.8) is 0 Å². The Morgan fingerprint density at radius 3 is 2.67 bits per heavy atom. The third-order valence-corrected chi connectivity index (χ3v) is 3.63. The van der Waals surface area contributed by atoms with E-state index in [0.29, 0.717) is 6.54 Å². The van der Waals surface area contributed by atoms with Crippen LogP contribution in [0.15, 0.2) is 18.2 Å². The van der Waals surface area contributed by atoms with Gasteiger partial charge in [0.15, 0.2) is 0 Å². The molecule has 2 rings (SSSR count). The van der Waals surface area contributed by atoms with Crippen molar-refractivity contribution in [3.05, 3.63) is 35.4 Å². The molecular formula is C15H18F2N2O2. The van der Waals surface area contributed by atoms with Gasteiger partial charge in [0.05, 0.1) is 6.54 Å². The summed E-state index contributed by atoms with van der Waals surface area (Å²) in [5.41, 5.74) is 0.0759. The molecule has 21 heavy (non-hydrogen) atoms. The number of halogens is 2. The molecule has 0 aliphatic carbocycles. The van der Waals surface area contributed by atoms with E-state index in [1.807, 2.05) is 6.92 Å². The summed E-state index contributed by atoms with van der Waals surface area (Å²) in [6, 6.07) is 2.43. The molecule has 1 aromatic rings. The van der Waals surface area contributed by atoms with Crippen LogP contribution in [0.4, 0.5) is 8.78 Å². The van der Waals surface area contributed by atoms with Crippen molar-refractivity contribution in [2.75, 3.05) is 13.1 Å². The van der Waals surface area contributed by atoms with E-state index < -0.39 is 17.7 Å². The summed E-state index contributed by atoms with van der Waals surface area (Å²) >= 11 is 0. The fraction of sp³-hybridized carbons (Fsp3) is 0.467. The van der Waals surface area contributed by atoms with Gasteiger partial charge in [-0.05, 0) is 31.5 Å². The Hall–Kier alpha value is -1.98. The molecule has 0 spiro atoms. The van der Waals surface area contributed by atoms with Crippen LogP contribution in [0, 0.1) is 11.6 Å². The minimum Gasteiger partial charge on any atom is -0.332 e. The SMILES string of the molecule is CCCN1CC(=O)N(Cc2cc(F)ccc2F)[C@@H](C)C1=O. The maximum atomic E-state index is 13.7. The summed E-state index contributed by atoms with van der Waals surface area (Å²) < 4.78 is 26.9. The number of amides is 2. The summed E-state index contributed by atoms with van der Waals surface area (Å²) in [6.07, 6.45) is 0.768. The van der Waals surface area contributed by atoms with Crippen LogP contribution >= 0.6 is 0 Å². The molecule has 1 aliphatic rings. The molecule has 0 N–H and O–H groups in total. The molecule has 0 unspecified atom stereocenters. The number of nitrogens with zero attached hydrogens (tertiary/aromatic N) is 2. The normalized spacial score (nSPS) is 19.3. The second-order valence-corrected chi connectivity index (χ2v) is 5.19. The fourth-order valence-corrected chi connectivity index (χ4v) is 2.48. The molecule has 2 amide bonds. The summed E-state index contributed by atoms with van der Waals surface area (Å²) in [4.78, 5) is 27.1. The van der Waals surface area contributed by atoms with Crippen molar-refractivity contribution in [1.29, 1.82) is 0 Å². The first-order valence-electron chi connectivity index (χ1n) is 6.96. The molecular weight excluding hydrogens is 278 g/mol. The molecule has 6 heteroatoms. The van der Waals surface area contributed by atoms with E-state index in [9.17, 15) is 18.4 Å². The Balaban J connectivity index is 2.18. The van der Waals surface area contributed by atoms with Crippen molar-refractivity contribution in [2.24, 2.45) is 0 Å². The van der Waals surface area contributed by atoms with Crippen LogP contribution < -0.4 is 0 Å². The van der Waals surface area contributed by atoms with Gasteiger partial charge in [-0.15, -0.1) is 0 Å². The molecule has 4 nitrogen and oxygen atoms in total. The predicted molar refractivity (Wildman–Crippen MR) is 73.2 cm³/mol. The third kappa shape index (κ3) is 3.20. The van der Waals surface area contributed by atoms with E-state index in [-0.39, 0.29) is 30.5 Å². The Labute approximate surface area is 122 Å². The quantitative estimate of drug-likeness (QED) is 0.852. The fourth-order valence-electron chi connectivity index (χ4n) is 2.48. The largest absolute Gasteiger partial charge is 0.332 e. The highest BCUT2D eigenvalue weighted by Crippen LogP contribution is 2.19. The molecule has 1 saturated heterocycles. The summed E-state index contributed by atoms with van der Waals surface area (Å²) in [6.45, 7) is 3.95. The lowest BCUT2D eigenvalue weighted by molar-refractivity contribution is -0.155. The summed E-state index contributed by atoms with van der Waals surface area (Å²) in [5.74, 6) is -1.56. The molecule has 0 saturated carbocycles. The van der Waals surface area contributed by atoms with Gasteiger partial charge in [0.1, 0.15) is 17.7 Å². The Morgan fingerprint density at radius 2 is 2.00 bits per heavy atom. The Bertz CT molecular complexity index is 563. The van der Waals surface area contributed by atoms with Crippen LogP contribution in [-0.4, -0.2) is 40.7 Å². The Kier molecular flexibility index (Phi) is 4.55. The number of piperazine rings is 1. The number of carbonyl (C=O) groups is 2. The maximum absolute atomic E-state index is 13.7. The molecule has 114 valence electrons. The van der Waals surface area contributed by atoms with Crippen LogP contribution in [0.25, 0.3) is 0 Å². The molecule has 1 heterocycles.